The van der Waals surface area contributed by atoms with Crippen LogP contribution in [0.4, 0.5) is 0 Å². The molecule has 11 atom stereocenters. The third kappa shape index (κ3) is 2.64. The van der Waals surface area contributed by atoms with E-state index in [2.05, 4.69) is 26.8 Å². The van der Waals surface area contributed by atoms with Crippen molar-refractivity contribution < 1.29 is 24.5 Å². The van der Waals surface area contributed by atoms with Crippen LogP contribution in [0.15, 0.2) is 11.6 Å². The molecular formula is C30H44O5. The van der Waals surface area contributed by atoms with Gasteiger partial charge in [0, 0.05) is 12.0 Å². The van der Waals surface area contributed by atoms with E-state index in [1.165, 1.54) is 32.1 Å². The molecule has 0 radical (unpaired) electrons. The number of ether oxygens (including phenoxy) is 1. The average molecular weight is 485 g/mol. The summed E-state index contributed by atoms with van der Waals surface area (Å²) in [4.78, 5) is 24.8. The highest BCUT2D eigenvalue weighted by molar-refractivity contribution is 5.88. The molecule has 5 saturated carbocycles. The monoisotopic (exact) mass is 484 g/mol. The number of aliphatic carboxylic acids is 1. The van der Waals surface area contributed by atoms with Gasteiger partial charge in [-0.2, -0.15) is 0 Å². The summed E-state index contributed by atoms with van der Waals surface area (Å²) in [5.74, 6) is 0.649. The lowest BCUT2D eigenvalue weighted by Crippen LogP contribution is -2.60. The Morgan fingerprint density at radius 1 is 1.00 bits per heavy atom. The Morgan fingerprint density at radius 3 is 2.37 bits per heavy atom. The molecule has 0 aromatic rings. The maximum atomic E-state index is 12.5. The van der Waals surface area contributed by atoms with Gasteiger partial charge in [0.2, 0.25) is 0 Å². The van der Waals surface area contributed by atoms with Gasteiger partial charge in [-0.15, -0.1) is 0 Å². The fraction of sp³-hybridized carbons (Fsp3) is 0.867. The molecule has 0 saturated heterocycles. The molecule has 1 aliphatic heterocycles. The second-order valence-corrected chi connectivity index (χ2v) is 14.2. The quantitative estimate of drug-likeness (QED) is 0.499. The van der Waals surface area contributed by atoms with Crippen molar-refractivity contribution in [2.24, 2.45) is 50.7 Å². The van der Waals surface area contributed by atoms with Gasteiger partial charge in [-0.1, -0.05) is 26.8 Å². The fourth-order valence-corrected chi connectivity index (χ4v) is 11.5. The molecule has 1 heterocycles. The first-order chi connectivity index (χ1) is 16.4. The van der Waals surface area contributed by atoms with Crippen molar-refractivity contribution in [1.29, 1.82) is 0 Å². The number of aliphatic hydroxyl groups is 1. The number of esters is 1. The first-order valence-corrected chi connectivity index (χ1v) is 14.2. The number of fused-ring (bicyclic) bond motifs is 2. The first-order valence-electron chi connectivity index (χ1n) is 14.2. The lowest BCUT2D eigenvalue weighted by Gasteiger charge is -2.63. The molecule has 5 nitrogen and oxygen atoms in total. The zero-order chi connectivity index (χ0) is 25.2. The van der Waals surface area contributed by atoms with Gasteiger partial charge in [-0.25, -0.2) is 4.79 Å². The molecule has 2 spiro atoms. The second-order valence-electron chi connectivity index (χ2n) is 14.2. The van der Waals surface area contributed by atoms with E-state index in [9.17, 15) is 19.8 Å². The minimum Gasteiger partial charge on any atom is -0.481 e. The number of rotatable bonds is 3. The van der Waals surface area contributed by atoms with Crippen LogP contribution >= 0.6 is 0 Å². The van der Waals surface area contributed by atoms with Crippen LogP contribution in [-0.2, 0) is 14.3 Å². The molecule has 2 N–H and O–H groups in total. The van der Waals surface area contributed by atoms with Crippen molar-refractivity contribution in [3.05, 3.63) is 11.6 Å². The van der Waals surface area contributed by atoms with Crippen LogP contribution in [-0.4, -0.2) is 34.4 Å². The largest absolute Gasteiger partial charge is 0.481 e. The van der Waals surface area contributed by atoms with E-state index >= 15 is 0 Å². The zero-order valence-corrected chi connectivity index (χ0v) is 22.2. The fourth-order valence-electron chi connectivity index (χ4n) is 11.5. The van der Waals surface area contributed by atoms with Crippen molar-refractivity contribution in [2.45, 2.75) is 111 Å². The number of carbonyl (C=O) groups is 2. The van der Waals surface area contributed by atoms with E-state index in [-0.39, 0.29) is 39.7 Å². The number of cyclic esters (lactones) is 1. The van der Waals surface area contributed by atoms with Gasteiger partial charge in [0.15, 0.2) is 0 Å². The lowest BCUT2D eigenvalue weighted by molar-refractivity contribution is -0.190. The summed E-state index contributed by atoms with van der Waals surface area (Å²) in [6.07, 6.45) is 11.7. The van der Waals surface area contributed by atoms with E-state index in [0.717, 1.165) is 31.3 Å². The Bertz CT molecular complexity index is 1000. The summed E-state index contributed by atoms with van der Waals surface area (Å²) in [6.45, 7) is 11.1. The van der Waals surface area contributed by atoms with Gasteiger partial charge in [-0.3, -0.25) is 4.79 Å². The third-order valence-corrected chi connectivity index (χ3v) is 13.7. The van der Waals surface area contributed by atoms with Crippen LogP contribution in [0.1, 0.15) is 98.8 Å². The van der Waals surface area contributed by atoms with Crippen molar-refractivity contribution in [2.75, 3.05) is 0 Å². The second kappa shape index (κ2) is 7.14. The van der Waals surface area contributed by atoms with Gasteiger partial charge in [0.05, 0.1) is 11.5 Å². The number of hydrogen-bond acceptors (Lipinski definition) is 4. The lowest BCUT2D eigenvalue weighted by atomic mass is 9.41. The molecule has 0 aromatic heterocycles. The molecule has 6 aliphatic rings. The van der Waals surface area contributed by atoms with Crippen LogP contribution < -0.4 is 0 Å². The van der Waals surface area contributed by atoms with E-state index in [1.807, 2.05) is 13.8 Å². The molecule has 5 aliphatic carbocycles. The standard InChI is InChI=1S/C30H44O5/c1-17-6-7-20(35-24(17)32)18(2)19-10-12-27(4)21-8-9-22-28(5,25(33)34)23(31)11-13-29(22)16-30(21,29)15-14-26(19,27)3/h6,18-23,31H,7-16H2,1-5H3,(H,33,34)/t18?,19-,20?,21?,22?,23+,26-,27+,28+,29-,30+/m1/s1. The normalized spacial score (nSPS) is 55.4. The Kier molecular flexibility index (Phi) is 4.90. The van der Waals surface area contributed by atoms with Crippen LogP contribution in [0.25, 0.3) is 0 Å². The summed E-state index contributed by atoms with van der Waals surface area (Å²) in [6, 6.07) is 0. The summed E-state index contributed by atoms with van der Waals surface area (Å²) < 4.78 is 5.90. The highest BCUT2D eigenvalue weighted by Crippen LogP contribution is 2.89. The number of carbonyl (C=O) groups excluding carboxylic acids is 1. The summed E-state index contributed by atoms with van der Waals surface area (Å²) >= 11 is 0. The smallest absolute Gasteiger partial charge is 0.333 e. The Morgan fingerprint density at radius 2 is 1.69 bits per heavy atom. The van der Waals surface area contributed by atoms with Gasteiger partial charge in [0.25, 0.3) is 0 Å². The molecule has 5 heteroatoms. The number of aliphatic hydroxyl groups excluding tert-OH is 1. The van der Waals surface area contributed by atoms with Crippen molar-refractivity contribution >= 4 is 11.9 Å². The van der Waals surface area contributed by atoms with E-state index < -0.39 is 17.5 Å². The molecule has 5 fully saturated rings. The van der Waals surface area contributed by atoms with Gasteiger partial charge < -0.3 is 14.9 Å². The van der Waals surface area contributed by atoms with E-state index in [0.29, 0.717) is 24.2 Å². The molecule has 35 heavy (non-hydrogen) atoms. The minimum absolute atomic E-state index is 0.0228. The van der Waals surface area contributed by atoms with Crippen molar-refractivity contribution in [3.63, 3.8) is 0 Å². The number of carboxylic acids is 1. The van der Waals surface area contributed by atoms with Gasteiger partial charge >= 0.3 is 11.9 Å². The third-order valence-electron chi connectivity index (χ3n) is 13.7. The molecular weight excluding hydrogens is 440 g/mol. The molecule has 6 rings (SSSR count). The van der Waals surface area contributed by atoms with Crippen molar-refractivity contribution in [3.8, 4) is 0 Å². The summed E-state index contributed by atoms with van der Waals surface area (Å²) in [5, 5.41) is 21.1. The summed E-state index contributed by atoms with van der Waals surface area (Å²) in [5.41, 5.74) is 0.535. The zero-order valence-electron chi connectivity index (χ0n) is 22.2. The molecule has 4 unspecified atom stereocenters. The van der Waals surface area contributed by atoms with Gasteiger partial charge in [-0.05, 0) is 117 Å². The number of hydrogen-bond donors (Lipinski definition) is 2. The Hall–Kier alpha value is -1.36. The maximum Gasteiger partial charge on any atom is 0.333 e. The van der Waals surface area contributed by atoms with Crippen LogP contribution in [0.5, 0.6) is 0 Å². The molecule has 0 aromatic carbocycles. The highest BCUT2D eigenvalue weighted by atomic mass is 16.5. The van der Waals surface area contributed by atoms with Crippen LogP contribution in [0, 0.1) is 50.7 Å². The van der Waals surface area contributed by atoms with Gasteiger partial charge in [0.1, 0.15) is 6.10 Å². The minimum atomic E-state index is -1.02. The number of carboxylic acid groups (broad SMARTS) is 1. The first kappa shape index (κ1) is 24.0. The Labute approximate surface area is 210 Å². The SMILES string of the molecule is CC1=CCC(C(C)[C@H]2CC[C@@]3(C)C4CCC5[C@@]6(CC[C@H](O)[C@@]5(C)C(=O)O)C[C@@]46CC[C@]23C)OC1=O. The van der Waals surface area contributed by atoms with Crippen LogP contribution in [0.2, 0.25) is 0 Å². The predicted octanol–water partition coefficient (Wildman–Crippen LogP) is 5.75. The average Bonchev–Trinajstić information content (AvgIpc) is 3.40. The van der Waals surface area contributed by atoms with E-state index in [4.69, 9.17) is 4.74 Å². The molecule has 0 amide bonds. The topological polar surface area (TPSA) is 83.8 Å². The van der Waals surface area contributed by atoms with Crippen LogP contribution in [0.3, 0.4) is 0 Å². The summed E-state index contributed by atoms with van der Waals surface area (Å²) in [7, 11) is 0. The van der Waals surface area contributed by atoms with E-state index in [1.54, 1.807) is 0 Å². The Balaban J connectivity index is 1.30. The highest BCUT2D eigenvalue weighted by Gasteiger charge is 2.83. The maximum absolute atomic E-state index is 12.5. The predicted molar refractivity (Wildman–Crippen MR) is 132 cm³/mol. The van der Waals surface area contributed by atoms with Crippen molar-refractivity contribution in [1.82, 2.24) is 0 Å². The molecule has 194 valence electrons. The molecule has 0 bridgehead atoms.